The zero-order valence-electron chi connectivity index (χ0n) is 14.2. The van der Waals surface area contributed by atoms with E-state index in [-0.39, 0.29) is 19.4 Å². The molecule has 0 unspecified atom stereocenters. The zero-order chi connectivity index (χ0) is 17.3. The summed E-state index contributed by atoms with van der Waals surface area (Å²) < 4.78 is 5.46. The Bertz CT molecular complexity index is 599. The van der Waals surface area contributed by atoms with Gasteiger partial charge in [-0.3, -0.25) is 4.90 Å². The van der Waals surface area contributed by atoms with Crippen molar-refractivity contribution >= 4 is 6.09 Å². The highest BCUT2D eigenvalue weighted by molar-refractivity contribution is 5.70. The Labute approximate surface area is 137 Å². The van der Waals surface area contributed by atoms with E-state index in [9.17, 15) is 15.2 Å². The standard InChI is InChI=1S/C18H24N2O3/c1-16(2)11-18(22,13-19)12-17(3,4)20(16)15(21)23-10-14-8-6-5-7-9-14/h5-9,22H,10-12H2,1-4H3. The van der Waals surface area contributed by atoms with Gasteiger partial charge in [0, 0.05) is 23.9 Å². The molecular weight excluding hydrogens is 292 g/mol. The minimum atomic E-state index is -1.43. The number of ether oxygens (including phenoxy) is 1. The van der Waals surface area contributed by atoms with Gasteiger partial charge in [0.2, 0.25) is 0 Å². The fourth-order valence-electron chi connectivity index (χ4n) is 3.83. The number of likely N-dealkylation sites (tertiary alicyclic amines) is 1. The highest BCUT2D eigenvalue weighted by Gasteiger charge is 2.54. The number of nitrogens with zero attached hydrogens (tertiary/aromatic N) is 2. The monoisotopic (exact) mass is 316 g/mol. The van der Waals surface area contributed by atoms with Gasteiger partial charge in [0.15, 0.2) is 5.60 Å². The predicted molar refractivity (Wildman–Crippen MR) is 86.4 cm³/mol. The van der Waals surface area contributed by atoms with Crippen molar-refractivity contribution in [1.82, 2.24) is 4.90 Å². The third-order valence-corrected chi connectivity index (χ3v) is 4.26. The number of aliphatic hydroxyl groups is 1. The molecule has 23 heavy (non-hydrogen) atoms. The first-order chi connectivity index (χ1) is 10.6. The van der Waals surface area contributed by atoms with Crippen LogP contribution in [0.3, 0.4) is 0 Å². The van der Waals surface area contributed by atoms with E-state index in [1.165, 1.54) is 0 Å². The maximum absolute atomic E-state index is 12.6. The van der Waals surface area contributed by atoms with Gasteiger partial charge in [-0.15, -0.1) is 0 Å². The van der Waals surface area contributed by atoms with Crippen LogP contribution in [0.2, 0.25) is 0 Å². The van der Waals surface area contributed by atoms with E-state index in [0.29, 0.717) is 0 Å². The van der Waals surface area contributed by atoms with Crippen LogP contribution in [0.25, 0.3) is 0 Å². The lowest BCUT2D eigenvalue weighted by Gasteiger charge is -2.55. The predicted octanol–water partition coefficient (Wildman–Crippen LogP) is 3.23. The van der Waals surface area contributed by atoms with E-state index in [1.807, 2.05) is 64.1 Å². The summed E-state index contributed by atoms with van der Waals surface area (Å²) in [7, 11) is 0. The van der Waals surface area contributed by atoms with Crippen LogP contribution in [0.1, 0.15) is 46.1 Å². The topological polar surface area (TPSA) is 73.6 Å². The van der Waals surface area contributed by atoms with Gasteiger partial charge in [0.1, 0.15) is 6.61 Å². The van der Waals surface area contributed by atoms with E-state index in [1.54, 1.807) is 4.90 Å². The van der Waals surface area contributed by atoms with Gasteiger partial charge in [-0.2, -0.15) is 5.26 Å². The van der Waals surface area contributed by atoms with Gasteiger partial charge in [0.05, 0.1) is 6.07 Å². The molecule has 1 N–H and O–H groups in total. The maximum Gasteiger partial charge on any atom is 0.410 e. The minimum Gasteiger partial charge on any atom is -0.445 e. The van der Waals surface area contributed by atoms with E-state index < -0.39 is 22.8 Å². The van der Waals surface area contributed by atoms with E-state index in [2.05, 4.69) is 0 Å². The summed E-state index contributed by atoms with van der Waals surface area (Å²) in [6.45, 7) is 7.59. The van der Waals surface area contributed by atoms with Crippen LogP contribution in [0.15, 0.2) is 30.3 Å². The molecule has 5 heteroatoms. The third kappa shape index (κ3) is 3.65. The first-order valence-corrected chi connectivity index (χ1v) is 7.74. The second-order valence-corrected chi connectivity index (χ2v) is 7.50. The minimum absolute atomic E-state index is 0.195. The second kappa shape index (κ2) is 5.86. The van der Waals surface area contributed by atoms with Crippen molar-refractivity contribution in [2.24, 2.45) is 0 Å². The molecule has 0 atom stereocenters. The molecule has 1 aromatic carbocycles. The number of benzene rings is 1. The van der Waals surface area contributed by atoms with Crippen LogP contribution in [-0.2, 0) is 11.3 Å². The molecule has 0 spiro atoms. The van der Waals surface area contributed by atoms with Crippen molar-refractivity contribution in [3.05, 3.63) is 35.9 Å². The number of nitriles is 1. The first kappa shape index (κ1) is 17.3. The summed E-state index contributed by atoms with van der Waals surface area (Å²) in [5, 5.41) is 19.7. The Hall–Kier alpha value is -2.06. The fourth-order valence-corrected chi connectivity index (χ4v) is 3.83. The molecule has 0 aliphatic carbocycles. The van der Waals surface area contributed by atoms with Gasteiger partial charge >= 0.3 is 6.09 Å². The lowest BCUT2D eigenvalue weighted by Crippen LogP contribution is -2.66. The van der Waals surface area contributed by atoms with Crippen molar-refractivity contribution in [2.45, 2.75) is 63.8 Å². The molecular formula is C18H24N2O3. The molecule has 0 bridgehead atoms. The largest absolute Gasteiger partial charge is 0.445 e. The molecule has 2 rings (SSSR count). The average molecular weight is 316 g/mol. The van der Waals surface area contributed by atoms with Crippen LogP contribution in [-0.4, -0.2) is 32.8 Å². The normalized spacial score (nSPS) is 21.3. The summed E-state index contributed by atoms with van der Waals surface area (Å²) in [6.07, 6.45) is -0.0374. The molecule has 124 valence electrons. The van der Waals surface area contributed by atoms with E-state index in [0.717, 1.165) is 5.56 Å². The molecule has 0 aromatic heterocycles. The lowest BCUT2D eigenvalue weighted by molar-refractivity contribution is -0.0983. The number of rotatable bonds is 2. The Morgan fingerprint density at radius 3 is 2.22 bits per heavy atom. The molecule has 5 nitrogen and oxygen atoms in total. The first-order valence-electron chi connectivity index (χ1n) is 7.74. The quantitative estimate of drug-likeness (QED) is 0.850. The molecule has 1 fully saturated rings. The fraction of sp³-hybridized carbons (Fsp3) is 0.556. The molecule has 0 saturated carbocycles. The lowest BCUT2D eigenvalue weighted by atomic mass is 9.72. The van der Waals surface area contributed by atoms with Crippen LogP contribution >= 0.6 is 0 Å². The second-order valence-electron chi connectivity index (χ2n) is 7.50. The molecule has 1 aliphatic rings. The van der Waals surface area contributed by atoms with Crippen molar-refractivity contribution in [3.63, 3.8) is 0 Å². The molecule has 0 radical (unpaired) electrons. The number of amides is 1. The molecule has 1 heterocycles. The van der Waals surface area contributed by atoms with Gasteiger partial charge in [0.25, 0.3) is 0 Å². The third-order valence-electron chi connectivity index (χ3n) is 4.26. The van der Waals surface area contributed by atoms with Crippen molar-refractivity contribution in [1.29, 1.82) is 5.26 Å². The van der Waals surface area contributed by atoms with Crippen molar-refractivity contribution < 1.29 is 14.6 Å². The van der Waals surface area contributed by atoms with Gasteiger partial charge in [-0.25, -0.2) is 4.79 Å². The Kier molecular flexibility index (Phi) is 4.41. The van der Waals surface area contributed by atoms with Crippen LogP contribution in [0.4, 0.5) is 4.79 Å². The summed E-state index contributed by atoms with van der Waals surface area (Å²) in [5.74, 6) is 0. The molecule has 1 amide bonds. The summed E-state index contributed by atoms with van der Waals surface area (Å²) in [5.41, 5.74) is -1.87. The average Bonchev–Trinajstić information content (AvgIpc) is 2.43. The highest BCUT2D eigenvalue weighted by atomic mass is 16.6. The number of hydrogen-bond donors (Lipinski definition) is 1. The SMILES string of the molecule is CC1(C)CC(O)(C#N)CC(C)(C)N1C(=O)OCc1ccccc1. The molecule has 1 aliphatic heterocycles. The van der Waals surface area contributed by atoms with Gasteiger partial charge in [-0.1, -0.05) is 30.3 Å². The number of piperidine rings is 1. The zero-order valence-corrected chi connectivity index (χ0v) is 14.2. The Balaban J connectivity index is 2.17. The number of carbonyl (C=O) groups is 1. The summed E-state index contributed by atoms with van der Waals surface area (Å²) in [4.78, 5) is 14.3. The molecule has 1 saturated heterocycles. The van der Waals surface area contributed by atoms with Gasteiger partial charge in [-0.05, 0) is 33.3 Å². The number of carbonyl (C=O) groups excluding carboxylic acids is 1. The Morgan fingerprint density at radius 2 is 1.74 bits per heavy atom. The van der Waals surface area contributed by atoms with Crippen molar-refractivity contribution in [3.8, 4) is 6.07 Å². The number of hydrogen-bond acceptors (Lipinski definition) is 4. The van der Waals surface area contributed by atoms with Gasteiger partial charge < -0.3 is 9.84 Å². The van der Waals surface area contributed by atoms with Crippen LogP contribution < -0.4 is 0 Å². The molecule has 1 aromatic rings. The smallest absolute Gasteiger partial charge is 0.410 e. The van der Waals surface area contributed by atoms with E-state index >= 15 is 0 Å². The highest BCUT2D eigenvalue weighted by Crippen LogP contribution is 2.43. The van der Waals surface area contributed by atoms with Crippen LogP contribution in [0, 0.1) is 11.3 Å². The van der Waals surface area contributed by atoms with Crippen molar-refractivity contribution in [2.75, 3.05) is 0 Å². The summed E-state index contributed by atoms with van der Waals surface area (Å²) in [6, 6.07) is 11.5. The van der Waals surface area contributed by atoms with E-state index in [4.69, 9.17) is 4.74 Å². The summed E-state index contributed by atoms with van der Waals surface area (Å²) >= 11 is 0. The van der Waals surface area contributed by atoms with Crippen LogP contribution in [0.5, 0.6) is 0 Å². The maximum atomic E-state index is 12.6. The Morgan fingerprint density at radius 1 is 1.22 bits per heavy atom.